The monoisotopic (exact) mass is 464 g/mol. The second-order valence-electron chi connectivity index (χ2n) is 7.53. The van der Waals surface area contributed by atoms with Crippen LogP contribution < -0.4 is 5.32 Å². The zero-order chi connectivity index (χ0) is 24.0. The Balaban J connectivity index is 1.86. The lowest BCUT2D eigenvalue weighted by atomic mass is 10.0. The third kappa shape index (κ3) is 5.93. The highest BCUT2D eigenvalue weighted by molar-refractivity contribution is 7.15. The van der Waals surface area contributed by atoms with Crippen molar-refractivity contribution in [3.8, 4) is 11.1 Å². The van der Waals surface area contributed by atoms with Gasteiger partial charge in [0.2, 0.25) is 5.91 Å². The molecule has 1 amide bonds. The van der Waals surface area contributed by atoms with Crippen LogP contribution in [0.25, 0.3) is 17.2 Å². The van der Waals surface area contributed by atoms with Gasteiger partial charge in [-0.15, -0.1) is 11.3 Å². The summed E-state index contributed by atoms with van der Waals surface area (Å²) in [6, 6.07) is 13.9. The highest BCUT2D eigenvalue weighted by atomic mass is 32.1. The van der Waals surface area contributed by atoms with Crippen molar-refractivity contribution in [1.82, 2.24) is 0 Å². The van der Waals surface area contributed by atoms with Crippen LogP contribution in [0.5, 0.6) is 0 Å². The number of nitrogens with zero attached hydrogens (tertiary/aromatic N) is 1. The number of non-ortho nitro benzene ring substituents is 1. The van der Waals surface area contributed by atoms with E-state index in [1.165, 1.54) is 23.8 Å². The van der Waals surface area contributed by atoms with E-state index >= 15 is 0 Å². The van der Waals surface area contributed by atoms with Crippen molar-refractivity contribution >= 4 is 40.0 Å². The second-order valence-corrected chi connectivity index (χ2v) is 8.41. The summed E-state index contributed by atoms with van der Waals surface area (Å²) in [5.74, 6) is -0.587. The molecule has 8 heteroatoms. The van der Waals surface area contributed by atoms with Gasteiger partial charge in [0.25, 0.3) is 5.69 Å². The van der Waals surface area contributed by atoms with Crippen molar-refractivity contribution in [3.05, 3.63) is 86.8 Å². The number of hydrogen-bond donors (Lipinski definition) is 1. The van der Waals surface area contributed by atoms with Gasteiger partial charge in [-0.25, -0.2) is 4.79 Å². The number of ether oxygens (including phenoxy) is 1. The average molecular weight is 465 g/mol. The number of carbonyl (C=O) groups is 2. The standard InChI is InChI=1S/C25H24N2O5S/c1-4-32-25(29)23-21(19-6-5-7-20(14-19)27(30)31)15-33-24(23)26-22(28)13-10-17-8-11-18(12-9-17)16(2)3/h5-16H,4H2,1-3H3,(H,26,28). The normalized spacial score (nSPS) is 11.0. The van der Waals surface area contributed by atoms with Crippen LogP contribution in [-0.2, 0) is 9.53 Å². The molecule has 0 aliphatic heterocycles. The minimum Gasteiger partial charge on any atom is -0.462 e. The Labute approximate surface area is 195 Å². The second kappa shape index (κ2) is 10.7. The Morgan fingerprint density at radius 1 is 1.18 bits per heavy atom. The quantitative estimate of drug-likeness (QED) is 0.183. The molecule has 33 heavy (non-hydrogen) atoms. The molecule has 7 nitrogen and oxygen atoms in total. The molecule has 1 heterocycles. The highest BCUT2D eigenvalue weighted by Crippen LogP contribution is 2.37. The summed E-state index contributed by atoms with van der Waals surface area (Å²) in [4.78, 5) is 35.9. The summed E-state index contributed by atoms with van der Waals surface area (Å²) in [6.45, 7) is 6.07. The summed E-state index contributed by atoms with van der Waals surface area (Å²) in [6.07, 6.45) is 3.09. The van der Waals surface area contributed by atoms with Gasteiger partial charge in [-0.3, -0.25) is 14.9 Å². The van der Waals surface area contributed by atoms with Gasteiger partial charge >= 0.3 is 5.97 Å². The van der Waals surface area contributed by atoms with Gasteiger partial charge in [-0.05, 0) is 35.6 Å². The number of nitro groups is 1. The van der Waals surface area contributed by atoms with Gasteiger partial charge in [-0.2, -0.15) is 0 Å². The molecule has 0 saturated carbocycles. The maximum absolute atomic E-state index is 12.7. The van der Waals surface area contributed by atoms with Crippen LogP contribution in [0.15, 0.2) is 60.0 Å². The number of rotatable bonds is 8. The predicted octanol–water partition coefficient (Wildman–Crippen LogP) is 6.28. The molecule has 2 aromatic carbocycles. The molecule has 0 bridgehead atoms. The fraction of sp³-hybridized carbons (Fsp3) is 0.200. The number of thiophene rings is 1. The Morgan fingerprint density at radius 3 is 2.55 bits per heavy atom. The summed E-state index contributed by atoms with van der Waals surface area (Å²) in [5, 5.41) is 15.9. The molecule has 0 saturated heterocycles. The Kier molecular flexibility index (Phi) is 7.74. The Bertz CT molecular complexity index is 1200. The SMILES string of the molecule is CCOC(=O)c1c(-c2cccc([N+](=O)[O-])c2)csc1NC(=O)C=Cc1ccc(C(C)C)cc1. The predicted molar refractivity (Wildman–Crippen MR) is 131 cm³/mol. The number of nitro benzene ring substituents is 1. The summed E-state index contributed by atoms with van der Waals surface area (Å²) in [7, 11) is 0. The maximum atomic E-state index is 12.7. The van der Waals surface area contributed by atoms with Crippen LogP contribution in [0.1, 0.15) is 48.2 Å². The molecule has 0 aliphatic rings. The van der Waals surface area contributed by atoms with Crippen LogP contribution in [0.2, 0.25) is 0 Å². The molecule has 0 atom stereocenters. The first-order valence-electron chi connectivity index (χ1n) is 10.4. The molecule has 170 valence electrons. The van der Waals surface area contributed by atoms with Crippen LogP contribution >= 0.6 is 11.3 Å². The number of benzene rings is 2. The van der Waals surface area contributed by atoms with Crippen molar-refractivity contribution in [2.45, 2.75) is 26.7 Å². The maximum Gasteiger partial charge on any atom is 0.341 e. The number of nitrogens with one attached hydrogen (secondary N) is 1. The van der Waals surface area contributed by atoms with E-state index in [4.69, 9.17) is 4.74 Å². The number of carbonyl (C=O) groups excluding carboxylic acids is 2. The van der Waals surface area contributed by atoms with E-state index in [9.17, 15) is 19.7 Å². The van der Waals surface area contributed by atoms with E-state index in [2.05, 4.69) is 19.2 Å². The molecule has 1 aromatic heterocycles. The largest absolute Gasteiger partial charge is 0.462 e. The minimum absolute atomic E-state index is 0.0921. The van der Waals surface area contributed by atoms with E-state index in [0.29, 0.717) is 22.0 Å². The molecule has 3 rings (SSSR count). The van der Waals surface area contributed by atoms with Crippen LogP contribution in [0, 0.1) is 10.1 Å². The highest BCUT2D eigenvalue weighted by Gasteiger charge is 2.23. The summed E-state index contributed by atoms with van der Waals surface area (Å²) < 4.78 is 5.17. The molecular formula is C25H24N2O5S. The van der Waals surface area contributed by atoms with Gasteiger partial charge in [0.15, 0.2) is 0 Å². The number of esters is 1. The molecule has 0 aliphatic carbocycles. The zero-order valence-corrected chi connectivity index (χ0v) is 19.3. The lowest BCUT2D eigenvalue weighted by Gasteiger charge is -2.08. The molecule has 0 unspecified atom stereocenters. The third-order valence-electron chi connectivity index (χ3n) is 4.91. The van der Waals surface area contributed by atoms with Crippen molar-refractivity contribution in [2.24, 2.45) is 0 Å². The lowest BCUT2D eigenvalue weighted by molar-refractivity contribution is -0.384. The number of amides is 1. The average Bonchev–Trinajstić information content (AvgIpc) is 3.21. The fourth-order valence-corrected chi connectivity index (χ4v) is 4.13. The Morgan fingerprint density at radius 2 is 1.91 bits per heavy atom. The van der Waals surface area contributed by atoms with Gasteiger partial charge in [0, 0.05) is 29.2 Å². The number of hydrogen-bond acceptors (Lipinski definition) is 6. The number of anilines is 1. The topological polar surface area (TPSA) is 98.5 Å². The summed E-state index contributed by atoms with van der Waals surface area (Å²) in [5.41, 5.74) is 3.12. The zero-order valence-electron chi connectivity index (χ0n) is 18.5. The molecule has 3 aromatic rings. The smallest absolute Gasteiger partial charge is 0.341 e. The van der Waals surface area contributed by atoms with E-state index in [1.54, 1.807) is 30.5 Å². The van der Waals surface area contributed by atoms with Crippen LogP contribution in [-0.4, -0.2) is 23.4 Å². The van der Waals surface area contributed by atoms with E-state index in [1.807, 2.05) is 24.3 Å². The molecule has 1 N–H and O–H groups in total. The molecule has 0 spiro atoms. The minimum atomic E-state index is -0.608. The van der Waals surface area contributed by atoms with Crippen LogP contribution in [0.4, 0.5) is 10.7 Å². The van der Waals surface area contributed by atoms with E-state index in [-0.39, 0.29) is 17.9 Å². The van der Waals surface area contributed by atoms with Crippen LogP contribution in [0.3, 0.4) is 0 Å². The van der Waals surface area contributed by atoms with Gasteiger partial charge < -0.3 is 10.1 Å². The first kappa shape index (κ1) is 23.9. The first-order valence-corrected chi connectivity index (χ1v) is 11.3. The summed E-state index contributed by atoms with van der Waals surface area (Å²) >= 11 is 1.16. The Hall–Kier alpha value is -3.78. The van der Waals surface area contributed by atoms with Crippen molar-refractivity contribution in [2.75, 3.05) is 11.9 Å². The van der Waals surface area contributed by atoms with Crippen molar-refractivity contribution in [3.63, 3.8) is 0 Å². The lowest BCUT2D eigenvalue weighted by Crippen LogP contribution is -2.12. The first-order chi connectivity index (χ1) is 15.8. The molecular weight excluding hydrogens is 440 g/mol. The van der Waals surface area contributed by atoms with Crippen molar-refractivity contribution < 1.29 is 19.2 Å². The van der Waals surface area contributed by atoms with Gasteiger partial charge in [-0.1, -0.05) is 50.2 Å². The third-order valence-corrected chi connectivity index (χ3v) is 5.80. The molecule has 0 radical (unpaired) electrons. The van der Waals surface area contributed by atoms with Gasteiger partial charge in [0.05, 0.1) is 11.5 Å². The van der Waals surface area contributed by atoms with E-state index < -0.39 is 16.8 Å². The van der Waals surface area contributed by atoms with Crippen molar-refractivity contribution in [1.29, 1.82) is 0 Å². The fourth-order valence-electron chi connectivity index (χ4n) is 3.17. The molecule has 0 fully saturated rings. The van der Waals surface area contributed by atoms with Gasteiger partial charge in [0.1, 0.15) is 10.6 Å². The van der Waals surface area contributed by atoms with E-state index in [0.717, 1.165) is 16.9 Å².